The van der Waals surface area contributed by atoms with Crippen LogP contribution in [0.2, 0.25) is 0 Å². The molecule has 1 amide bonds. The molecule has 112 valence electrons. The number of nitrogens with zero attached hydrogens (tertiary/aromatic N) is 2. The first-order chi connectivity index (χ1) is 9.56. The predicted molar refractivity (Wildman–Crippen MR) is 68.4 cm³/mol. The first-order valence-electron chi connectivity index (χ1n) is 6.52. The van der Waals surface area contributed by atoms with Gasteiger partial charge in [0, 0.05) is 25.5 Å². The van der Waals surface area contributed by atoms with Crippen molar-refractivity contribution >= 4 is 11.7 Å². The summed E-state index contributed by atoms with van der Waals surface area (Å²) >= 11 is 0. The van der Waals surface area contributed by atoms with Gasteiger partial charge >= 0.3 is 0 Å². The molecule has 1 aliphatic heterocycles. The summed E-state index contributed by atoms with van der Waals surface area (Å²) in [6.07, 6.45) is 0.396. The summed E-state index contributed by atoms with van der Waals surface area (Å²) in [5.74, 6) is -0.0377. The molecule has 1 fully saturated rings. The van der Waals surface area contributed by atoms with Gasteiger partial charge in [-0.1, -0.05) is 0 Å². The summed E-state index contributed by atoms with van der Waals surface area (Å²) in [4.78, 5) is 12.0. The number of amides is 1. The van der Waals surface area contributed by atoms with Crippen molar-refractivity contribution in [2.75, 3.05) is 18.5 Å². The summed E-state index contributed by atoms with van der Waals surface area (Å²) in [5, 5.41) is 6.39. The van der Waals surface area contributed by atoms with Crippen molar-refractivity contribution in [3.63, 3.8) is 0 Å². The molecular weight excluding hydrogens is 270 g/mol. The second kappa shape index (κ2) is 6.76. The number of hydrogen-bond acceptors (Lipinski definition) is 4. The molecule has 1 aromatic heterocycles. The lowest BCUT2D eigenvalue weighted by Crippen LogP contribution is -2.44. The minimum absolute atomic E-state index is 0.0758. The van der Waals surface area contributed by atoms with Gasteiger partial charge in [0.15, 0.2) is 5.82 Å². The van der Waals surface area contributed by atoms with Crippen molar-refractivity contribution < 1.29 is 18.3 Å². The van der Waals surface area contributed by atoms with Crippen LogP contribution in [0.5, 0.6) is 0 Å². The van der Waals surface area contributed by atoms with Gasteiger partial charge in [-0.25, -0.2) is 8.78 Å². The lowest BCUT2D eigenvalue weighted by Gasteiger charge is -2.26. The van der Waals surface area contributed by atoms with E-state index in [1.165, 1.54) is 12.3 Å². The monoisotopic (exact) mass is 288 g/mol. The average Bonchev–Trinajstić information content (AvgIpc) is 2.85. The van der Waals surface area contributed by atoms with Gasteiger partial charge in [-0.15, -0.1) is 0 Å². The fourth-order valence-electron chi connectivity index (χ4n) is 2.17. The number of halogens is 2. The van der Waals surface area contributed by atoms with E-state index in [-0.39, 0.29) is 17.6 Å². The van der Waals surface area contributed by atoms with Crippen LogP contribution >= 0.6 is 0 Å². The molecule has 8 heteroatoms. The molecule has 0 radical (unpaired) electrons. The number of aromatic nitrogens is 2. The molecule has 20 heavy (non-hydrogen) atoms. The van der Waals surface area contributed by atoms with Gasteiger partial charge in [0.2, 0.25) is 5.91 Å². The van der Waals surface area contributed by atoms with Crippen molar-refractivity contribution in [1.29, 1.82) is 0 Å². The van der Waals surface area contributed by atoms with Crippen LogP contribution in [0, 0.1) is 5.92 Å². The molecule has 6 nitrogen and oxygen atoms in total. The number of nitrogens with one attached hydrogen (secondary N) is 1. The summed E-state index contributed by atoms with van der Waals surface area (Å²) in [6.45, 7) is 0.714. The van der Waals surface area contributed by atoms with Crippen LogP contribution in [-0.4, -0.2) is 41.4 Å². The van der Waals surface area contributed by atoms with Crippen LogP contribution < -0.4 is 11.1 Å². The molecule has 2 rings (SSSR count). The zero-order valence-corrected chi connectivity index (χ0v) is 11.0. The zero-order chi connectivity index (χ0) is 14.5. The molecule has 1 unspecified atom stereocenters. The van der Waals surface area contributed by atoms with Crippen LogP contribution in [0.25, 0.3) is 0 Å². The van der Waals surface area contributed by atoms with Gasteiger partial charge in [-0.3, -0.25) is 9.48 Å². The standard InChI is InChI=1S/C12H18F2N4O2/c13-9(14)7-18-4-1-10(17-18)16-12(19)11(15)8-2-5-20-6-3-8/h1,4,8-9,11H,2-3,5-7,15H2,(H,16,17,19). The van der Waals surface area contributed by atoms with E-state index in [4.69, 9.17) is 10.5 Å². The first-order valence-corrected chi connectivity index (χ1v) is 6.52. The quantitative estimate of drug-likeness (QED) is 0.841. The maximum atomic E-state index is 12.2. The Labute approximate surface area is 115 Å². The van der Waals surface area contributed by atoms with Gasteiger partial charge < -0.3 is 15.8 Å². The Morgan fingerprint density at radius 3 is 2.90 bits per heavy atom. The topological polar surface area (TPSA) is 82.2 Å². The third-order valence-electron chi connectivity index (χ3n) is 3.29. The molecule has 2 heterocycles. The number of carbonyl (C=O) groups excluding carboxylic acids is 1. The van der Waals surface area contributed by atoms with Gasteiger partial charge in [-0.2, -0.15) is 5.10 Å². The molecule has 0 aromatic carbocycles. The molecule has 1 atom stereocenters. The highest BCUT2D eigenvalue weighted by Gasteiger charge is 2.26. The smallest absolute Gasteiger partial charge is 0.257 e. The first kappa shape index (κ1) is 14.9. The van der Waals surface area contributed by atoms with E-state index in [0.29, 0.717) is 13.2 Å². The Hall–Kier alpha value is -1.54. The molecule has 0 bridgehead atoms. The van der Waals surface area contributed by atoms with Crippen LogP contribution in [-0.2, 0) is 16.1 Å². The number of rotatable bonds is 5. The summed E-state index contributed by atoms with van der Waals surface area (Å²) in [6, 6.07) is 0.830. The number of carbonyl (C=O) groups is 1. The molecule has 1 aromatic rings. The molecule has 0 saturated carbocycles. The number of anilines is 1. The maximum absolute atomic E-state index is 12.2. The number of nitrogens with two attached hydrogens (primary N) is 1. The molecule has 1 saturated heterocycles. The second-order valence-electron chi connectivity index (χ2n) is 4.78. The molecular formula is C12H18F2N4O2. The van der Waals surface area contributed by atoms with E-state index in [1.54, 1.807) is 0 Å². The van der Waals surface area contributed by atoms with Gasteiger partial charge in [0.05, 0.1) is 6.04 Å². The van der Waals surface area contributed by atoms with Crippen LogP contribution in [0.3, 0.4) is 0 Å². The van der Waals surface area contributed by atoms with Gasteiger partial charge in [-0.05, 0) is 18.8 Å². The van der Waals surface area contributed by atoms with E-state index >= 15 is 0 Å². The van der Waals surface area contributed by atoms with E-state index in [9.17, 15) is 13.6 Å². The lowest BCUT2D eigenvalue weighted by molar-refractivity contribution is -0.119. The summed E-state index contributed by atoms with van der Waals surface area (Å²) in [5.41, 5.74) is 5.91. The van der Waals surface area contributed by atoms with E-state index in [0.717, 1.165) is 17.5 Å². The van der Waals surface area contributed by atoms with Crippen molar-refractivity contribution in [2.45, 2.75) is 31.9 Å². The van der Waals surface area contributed by atoms with E-state index in [1.807, 2.05) is 0 Å². The van der Waals surface area contributed by atoms with Crippen LogP contribution in [0.4, 0.5) is 14.6 Å². The summed E-state index contributed by atoms with van der Waals surface area (Å²) < 4.78 is 30.7. The lowest BCUT2D eigenvalue weighted by atomic mass is 9.92. The van der Waals surface area contributed by atoms with E-state index in [2.05, 4.69) is 10.4 Å². The fraction of sp³-hybridized carbons (Fsp3) is 0.667. The van der Waals surface area contributed by atoms with Gasteiger partial charge in [0.1, 0.15) is 6.54 Å². The molecule has 1 aliphatic rings. The van der Waals surface area contributed by atoms with Crippen molar-refractivity contribution in [3.05, 3.63) is 12.3 Å². The zero-order valence-electron chi connectivity index (χ0n) is 11.0. The Kier molecular flexibility index (Phi) is 5.02. The van der Waals surface area contributed by atoms with Gasteiger partial charge in [0.25, 0.3) is 6.43 Å². The van der Waals surface area contributed by atoms with Crippen molar-refractivity contribution in [1.82, 2.24) is 9.78 Å². The average molecular weight is 288 g/mol. The third kappa shape index (κ3) is 3.97. The highest BCUT2D eigenvalue weighted by atomic mass is 19.3. The van der Waals surface area contributed by atoms with Crippen molar-refractivity contribution in [3.8, 4) is 0 Å². The van der Waals surface area contributed by atoms with Crippen molar-refractivity contribution in [2.24, 2.45) is 11.7 Å². The highest BCUT2D eigenvalue weighted by Crippen LogP contribution is 2.18. The number of hydrogen-bond donors (Lipinski definition) is 2. The van der Waals surface area contributed by atoms with E-state index < -0.39 is 19.0 Å². The summed E-state index contributed by atoms with van der Waals surface area (Å²) in [7, 11) is 0. The van der Waals surface area contributed by atoms with Crippen LogP contribution in [0.15, 0.2) is 12.3 Å². The number of alkyl halides is 2. The Bertz CT molecular complexity index is 446. The largest absolute Gasteiger partial charge is 0.381 e. The molecule has 3 N–H and O–H groups in total. The fourth-order valence-corrected chi connectivity index (χ4v) is 2.17. The Morgan fingerprint density at radius 2 is 2.25 bits per heavy atom. The second-order valence-corrected chi connectivity index (χ2v) is 4.78. The van der Waals surface area contributed by atoms with Crippen LogP contribution in [0.1, 0.15) is 12.8 Å². The normalized spacial score (nSPS) is 18.2. The third-order valence-corrected chi connectivity index (χ3v) is 3.29. The predicted octanol–water partition coefficient (Wildman–Crippen LogP) is 0.841. The Morgan fingerprint density at radius 1 is 1.55 bits per heavy atom. The Balaban J connectivity index is 1.88. The number of ether oxygens (including phenoxy) is 1. The molecule has 0 aliphatic carbocycles. The molecule has 0 spiro atoms. The minimum Gasteiger partial charge on any atom is -0.381 e. The highest BCUT2D eigenvalue weighted by molar-refractivity contribution is 5.94. The minimum atomic E-state index is -2.48. The SMILES string of the molecule is NC(C(=O)Nc1ccn(CC(F)F)n1)C1CCOCC1. The maximum Gasteiger partial charge on any atom is 0.257 e.